The largest absolute Gasteiger partial charge is 0.631 e. The van der Waals surface area contributed by atoms with E-state index < -0.39 is 19.0 Å². The quantitative estimate of drug-likeness (QED) is 0.471. The van der Waals surface area contributed by atoms with Crippen molar-refractivity contribution in [2.24, 2.45) is 0 Å². The summed E-state index contributed by atoms with van der Waals surface area (Å²) < 4.78 is 25.2. The molecule has 0 amide bonds. The van der Waals surface area contributed by atoms with Crippen LogP contribution in [0.3, 0.4) is 0 Å². The Morgan fingerprint density at radius 3 is 1.54 bits per heavy atom. The van der Waals surface area contributed by atoms with Crippen LogP contribution in [0.15, 0.2) is 18.2 Å². The maximum Gasteiger partial charge on any atom is 0.631 e. The summed E-state index contributed by atoms with van der Waals surface area (Å²) >= 11 is 0.357. The van der Waals surface area contributed by atoms with Gasteiger partial charge in [0.05, 0.1) is 0 Å². The average Bonchev–Trinajstić information content (AvgIpc) is 1.80. The van der Waals surface area contributed by atoms with Crippen molar-refractivity contribution in [3.8, 4) is 0 Å². The fraction of sp³-hybridized carbons (Fsp3) is 0. The van der Waals surface area contributed by atoms with Crippen LogP contribution in [0.5, 0.6) is 0 Å². The number of hydrogen-bond donors (Lipinski definition) is 3. The maximum atomic E-state index is 12.2. The Kier molecular flexibility index (Phi) is 7.38. The first-order valence-corrected chi connectivity index (χ1v) is 4.95. The molecule has 7 heteroatoms. The Balaban J connectivity index is 0.000000310. The molecule has 1 aromatic carbocycles. The van der Waals surface area contributed by atoms with Gasteiger partial charge in [0.25, 0.3) is 0 Å². The van der Waals surface area contributed by atoms with Gasteiger partial charge in [-0.1, -0.05) is 0 Å². The number of rotatable bonds is 0. The van der Waals surface area contributed by atoms with Gasteiger partial charge in [-0.3, -0.25) is 0 Å². The molecule has 3 nitrogen and oxygen atoms in total. The molecular formula is C6H6BF2KO3. The van der Waals surface area contributed by atoms with Crippen LogP contribution < -0.4 is -0.342 Å². The molecule has 3 N–H and O–H groups in total. The smallest absolute Gasteiger partial charge is 0.402 e. The second-order valence-corrected chi connectivity index (χ2v) is 4.10. The van der Waals surface area contributed by atoms with Gasteiger partial charge in [0.2, 0.25) is 0 Å². The zero-order valence-electron chi connectivity index (χ0n) is 6.91. The predicted molar refractivity (Wildman–Crippen MR) is 44.2 cm³/mol. The van der Waals surface area contributed by atoms with E-state index in [4.69, 9.17) is 15.1 Å². The monoisotopic (exact) mass is 214 g/mol. The molecule has 1 aromatic rings. The van der Waals surface area contributed by atoms with Gasteiger partial charge in [0.15, 0.2) is 0 Å². The first kappa shape index (κ1) is 13.7. The van der Waals surface area contributed by atoms with Crippen molar-refractivity contribution in [3.05, 3.63) is 29.8 Å². The third kappa shape index (κ3) is 8.98. The van der Waals surface area contributed by atoms with E-state index in [2.05, 4.69) is 0 Å². The van der Waals surface area contributed by atoms with Crippen molar-refractivity contribution in [1.29, 1.82) is 0 Å². The molecule has 0 fully saturated rings. The van der Waals surface area contributed by atoms with Crippen molar-refractivity contribution < 1.29 is 23.9 Å². The standard InChI is InChI=1S/C6H3F2.BH3O3.K/c7-5-2-1-3-6(8)4-5;2-1(3)4;/h2-4H;2-4H;. The van der Waals surface area contributed by atoms with Crippen LogP contribution in [0.4, 0.5) is 8.78 Å². The second-order valence-electron chi connectivity index (χ2n) is 2.29. The summed E-state index contributed by atoms with van der Waals surface area (Å²) in [5.74, 6) is -0.948. The van der Waals surface area contributed by atoms with Gasteiger partial charge >= 0.3 is 94.5 Å². The SMILES string of the molecule is Fc1cc(F)c[c]([K])c1.OB(O)O. The molecule has 0 aromatic heterocycles. The van der Waals surface area contributed by atoms with E-state index in [1.165, 1.54) is 12.1 Å². The van der Waals surface area contributed by atoms with Crippen molar-refractivity contribution in [2.75, 3.05) is 0 Å². The van der Waals surface area contributed by atoms with E-state index in [-0.39, 0.29) is 0 Å². The zero-order valence-corrected chi connectivity index (χ0v) is 10.0. The van der Waals surface area contributed by atoms with Gasteiger partial charge in [-0.15, -0.1) is 0 Å². The molecule has 0 heterocycles. The van der Waals surface area contributed by atoms with E-state index in [9.17, 15) is 8.78 Å². The van der Waals surface area contributed by atoms with E-state index in [1.807, 2.05) is 0 Å². The molecule has 0 radical (unpaired) electrons. The van der Waals surface area contributed by atoms with Crippen molar-refractivity contribution in [1.82, 2.24) is 0 Å². The van der Waals surface area contributed by atoms with E-state index in [0.717, 1.165) is 5.72 Å². The zero-order chi connectivity index (χ0) is 10.4. The average molecular weight is 214 g/mol. The van der Waals surface area contributed by atoms with Crippen molar-refractivity contribution in [2.45, 2.75) is 0 Å². The number of hydrogen-bond acceptors (Lipinski definition) is 3. The summed E-state index contributed by atoms with van der Waals surface area (Å²) in [4.78, 5) is 0. The topological polar surface area (TPSA) is 60.7 Å². The second kappa shape index (κ2) is 7.02. The van der Waals surface area contributed by atoms with Gasteiger partial charge in [-0.25, -0.2) is 0 Å². The Morgan fingerprint density at radius 1 is 1.00 bits per heavy atom. The van der Waals surface area contributed by atoms with Crippen molar-refractivity contribution in [3.63, 3.8) is 0 Å². The Morgan fingerprint density at radius 2 is 1.31 bits per heavy atom. The number of halogens is 2. The van der Waals surface area contributed by atoms with Crippen LogP contribution >= 0.6 is 0 Å². The first-order valence-electron chi connectivity index (χ1n) is 3.38. The van der Waals surface area contributed by atoms with Crippen LogP contribution in [0, 0.1) is 11.6 Å². The molecule has 0 aliphatic carbocycles. The summed E-state index contributed by atoms with van der Waals surface area (Å²) in [6, 6.07) is 3.61. The minimum atomic E-state index is -2.17. The third-order valence-electron chi connectivity index (χ3n) is 1.01. The van der Waals surface area contributed by atoms with Crippen LogP contribution in [-0.2, 0) is 0 Å². The van der Waals surface area contributed by atoms with Crippen LogP contribution in [0.1, 0.15) is 0 Å². The van der Waals surface area contributed by atoms with Crippen molar-refractivity contribution >= 4 is 55.9 Å². The molecule has 0 bridgehead atoms. The molecule has 0 unspecified atom stereocenters. The summed E-state index contributed by atoms with van der Waals surface area (Å²) in [6.45, 7) is 0. The molecule has 1 rings (SSSR count). The third-order valence-corrected chi connectivity index (χ3v) is 1.91. The predicted octanol–water partition coefficient (Wildman–Crippen LogP) is -1.29. The molecule has 0 saturated heterocycles. The summed E-state index contributed by atoms with van der Waals surface area (Å²) in [5.41, 5.74) is 0. The van der Waals surface area contributed by atoms with E-state index in [1.54, 1.807) is 0 Å². The van der Waals surface area contributed by atoms with Crippen LogP contribution in [0.25, 0.3) is 0 Å². The van der Waals surface area contributed by atoms with Gasteiger partial charge in [0, 0.05) is 0 Å². The maximum absolute atomic E-state index is 12.2. The Bertz CT molecular complexity index is 219. The normalized spacial score (nSPS) is 8.85. The van der Waals surface area contributed by atoms with Crippen LogP contribution in [0.2, 0.25) is 0 Å². The Labute approximate surface area is 108 Å². The fourth-order valence-corrected chi connectivity index (χ4v) is 1.55. The molecule has 0 spiro atoms. The molecule has 66 valence electrons. The number of benzene rings is 1. The van der Waals surface area contributed by atoms with Gasteiger partial charge < -0.3 is 15.1 Å². The first-order chi connectivity index (χ1) is 5.91. The molecule has 13 heavy (non-hydrogen) atoms. The molecule has 0 atom stereocenters. The fourth-order valence-electron chi connectivity index (χ4n) is 0.692. The minimum absolute atomic E-state index is 0.357. The van der Waals surface area contributed by atoms with E-state index >= 15 is 0 Å². The molecule has 0 saturated carbocycles. The summed E-state index contributed by atoms with van der Waals surface area (Å²) in [6.07, 6.45) is 0. The minimum Gasteiger partial charge on any atom is -0.402 e. The van der Waals surface area contributed by atoms with Gasteiger partial charge in [-0.05, 0) is 0 Å². The van der Waals surface area contributed by atoms with Gasteiger partial charge in [0.1, 0.15) is 0 Å². The molecule has 0 aliphatic heterocycles. The van der Waals surface area contributed by atoms with E-state index in [0.29, 0.717) is 49.0 Å². The molecular weight excluding hydrogens is 208 g/mol. The Hall–Kier alpha value is 0.661. The summed E-state index contributed by atoms with van der Waals surface area (Å²) in [5, 5.41) is 21.5. The van der Waals surface area contributed by atoms with Gasteiger partial charge in [-0.2, -0.15) is 0 Å². The summed E-state index contributed by atoms with van der Waals surface area (Å²) in [7, 11) is -2.17. The van der Waals surface area contributed by atoms with Crippen LogP contribution in [-0.4, -0.2) is 71.3 Å². The molecule has 0 aliphatic rings.